The smallest absolute Gasteiger partial charge is 0.462 e. The summed E-state index contributed by atoms with van der Waals surface area (Å²) in [6, 6.07) is 0. The molecule has 0 saturated carbocycles. The quantitative estimate of drug-likeness (QED) is 0.0222. The van der Waals surface area contributed by atoms with Crippen LogP contribution in [0.25, 0.3) is 0 Å². The Hall–Kier alpha value is -1.94. The molecule has 3 N–H and O–H groups in total. The number of carbonyl (C=O) groups excluding carboxylic acids is 4. The van der Waals surface area contributed by atoms with Crippen molar-refractivity contribution in [3.63, 3.8) is 0 Å². The van der Waals surface area contributed by atoms with Crippen molar-refractivity contribution in [3.05, 3.63) is 0 Å². The van der Waals surface area contributed by atoms with Crippen LogP contribution in [0.1, 0.15) is 363 Å². The predicted molar refractivity (Wildman–Crippen MR) is 363 cm³/mol. The van der Waals surface area contributed by atoms with Crippen molar-refractivity contribution in [1.29, 1.82) is 0 Å². The normalized spacial score (nSPS) is 14.1. The van der Waals surface area contributed by atoms with E-state index < -0.39 is 97.5 Å². The maximum atomic E-state index is 13.0. The van der Waals surface area contributed by atoms with E-state index in [1.807, 2.05) is 0 Å². The lowest BCUT2D eigenvalue weighted by Crippen LogP contribution is -2.30. The third-order valence-corrected chi connectivity index (χ3v) is 18.4. The van der Waals surface area contributed by atoms with E-state index in [2.05, 4.69) is 41.5 Å². The Balaban J connectivity index is 5.21. The maximum Gasteiger partial charge on any atom is 0.472 e. The Morgan fingerprint density at radius 2 is 0.511 bits per heavy atom. The van der Waals surface area contributed by atoms with Gasteiger partial charge in [0.1, 0.15) is 19.3 Å². The van der Waals surface area contributed by atoms with Crippen LogP contribution in [-0.4, -0.2) is 96.7 Å². The summed E-state index contributed by atoms with van der Waals surface area (Å²) in [6.07, 6.45) is 48.9. The highest BCUT2D eigenvalue weighted by Crippen LogP contribution is 2.45. The van der Waals surface area contributed by atoms with Crippen molar-refractivity contribution >= 4 is 39.5 Å². The summed E-state index contributed by atoms with van der Waals surface area (Å²) < 4.78 is 68.2. The fourth-order valence-electron chi connectivity index (χ4n) is 10.8. The number of phosphoric ester groups is 2. The second kappa shape index (κ2) is 63.1. The molecule has 0 aromatic rings. The summed E-state index contributed by atoms with van der Waals surface area (Å²) in [5.41, 5.74) is 0. The van der Waals surface area contributed by atoms with Gasteiger partial charge in [0.05, 0.1) is 26.4 Å². The third kappa shape index (κ3) is 64.8. The van der Waals surface area contributed by atoms with Crippen molar-refractivity contribution in [3.8, 4) is 0 Å². The minimum Gasteiger partial charge on any atom is -0.462 e. The van der Waals surface area contributed by atoms with E-state index in [1.165, 1.54) is 173 Å². The van der Waals surface area contributed by atoms with Crippen LogP contribution in [0.2, 0.25) is 0 Å². The lowest BCUT2D eigenvalue weighted by molar-refractivity contribution is -0.161. The second-order valence-corrected chi connectivity index (χ2v) is 29.5. The summed E-state index contributed by atoms with van der Waals surface area (Å²) in [4.78, 5) is 72.5. The molecule has 0 spiro atoms. The molecule has 0 aromatic carbocycles. The summed E-state index contributed by atoms with van der Waals surface area (Å²) in [5, 5.41) is 10.6. The first-order valence-corrected chi connectivity index (χ1v) is 40.0. The van der Waals surface area contributed by atoms with Crippen LogP contribution in [0, 0.1) is 11.8 Å². The average molecular weight is 1330 g/mol. The van der Waals surface area contributed by atoms with E-state index in [1.54, 1.807) is 0 Å². The van der Waals surface area contributed by atoms with Gasteiger partial charge in [0.2, 0.25) is 0 Å². The average Bonchev–Trinajstić information content (AvgIpc) is 3.72. The monoisotopic (exact) mass is 1320 g/mol. The van der Waals surface area contributed by atoms with Gasteiger partial charge in [0.25, 0.3) is 0 Å². The first-order chi connectivity index (χ1) is 43.4. The molecule has 0 amide bonds. The van der Waals surface area contributed by atoms with E-state index in [9.17, 15) is 43.2 Å². The van der Waals surface area contributed by atoms with Gasteiger partial charge in [0.15, 0.2) is 12.2 Å². The van der Waals surface area contributed by atoms with Gasteiger partial charge >= 0.3 is 39.5 Å². The molecule has 19 heteroatoms. The lowest BCUT2D eigenvalue weighted by Gasteiger charge is -2.21. The number of esters is 4. The molecule has 0 aliphatic heterocycles. The van der Waals surface area contributed by atoms with Crippen molar-refractivity contribution in [2.75, 3.05) is 39.6 Å². The van der Waals surface area contributed by atoms with Gasteiger partial charge in [-0.1, -0.05) is 311 Å². The molecule has 90 heavy (non-hydrogen) atoms. The molecule has 0 aliphatic rings. The predicted octanol–water partition coefficient (Wildman–Crippen LogP) is 20.4. The molecule has 17 nitrogen and oxygen atoms in total. The van der Waals surface area contributed by atoms with Crippen molar-refractivity contribution in [2.24, 2.45) is 11.8 Å². The topological polar surface area (TPSA) is 237 Å². The number of hydrogen-bond donors (Lipinski definition) is 3. The largest absolute Gasteiger partial charge is 0.472 e. The first-order valence-electron chi connectivity index (χ1n) is 37.0. The molecule has 0 rings (SSSR count). The van der Waals surface area contributed by atoms with E-state index in [0.29, 0.717) is 37.5 Å². The molecular weight excluding hydrogens is 1190 g/mol. The fraction of sp³-hybridized carbons (Fsp3) is 0.944. The molecule has 0 bridgehead atoms. The number of ether oxygens (including phenoxy) is 4. The van der Waals surface area contributed by atoms with Gasteiger partial charge in [-0.3, -0.25) is 37.3 Å². The second-order valence-electron chi connectivity index (χ2n) is 26.6. The molecule has 0 aliphatic carbocycles. The first kappa shape index (κ1) is 88.1. The van der Waals surface area contributed by atoms with Gasteiger partial charge in [-0.05, 0) is 37.5 Å². The van der Waals surface area contributed by atoms with Gasteiger partial charge in [-0.2, -0.15) is 0 Å². The number of phosphoric acid groups is 2. The third-order valence-electron chi connectivity index (χ3n) is 16.5. The molecule has 0 radical (unpaired) electrons. The van der Waals surface area contributed by atoms with Crippen LogP contribution < -0.4 is 0 Å². The highest BCUT2D eigenvalue weighted by atomic mass is 31.2. The number of unbranched alkanes of at least 4 members (excludes halogenated alkanes) is 40. The summed E-state index contributed by atoms with van der Waals surface area (Å²) in [5.74, 6) is -0.780. The van der Waals surface area contributed by atoms with Crippen molar-refractivity contribution in [2.45, 2.75) is 381 Å². The molecule has 2 unspecified atom stereocenters. The minimum absolute atomic E-state index is 0.101. The van der Waals surface area contributed by atoms with Crippen molar-refractivity contribution in [1.82, 2.24) is 0 Å². The van der Waals surface area contributed by atoms with Gasteiger partial charge in [-0.15, -0.1) is 0 Å². The molecule has 5 atom stereocenters. The van der Waals surface area contributed by atoms with Gasteiger partial charge < -0.3 is 33.8 Å². The molecule has 0 aromatic heterocycles. The van der Waals surface area contributed by atoms with Gasteiger partial charge in [0, 0.05) is 25.7 Å². The summed E-state index contributed by atoms with van der Waals surface area (Å²) in [7, 11) is -9.90. The Morgan fingerprint density at radius 3 is 0.756 bits per heavy atom. The molecular formula is C71H138O17P2. The van der Waals surface area contributed by atoms with Crippen LogP contribution in [0.4, 0.5) is 0 Å². The number of aliphatic hydroxyl groups is 1. The summed E-state index contributed by atoms with van der Waals surface area (Å²) in [6.45, 7) is 9.38. The van der Waals surface area contributed by atoms with E-state index in [0.717, 1.165) is 96.3 Å². The standard InChI is InChI=1S/C71H138O17P2/c1-7-9-11-13-15-17-19-21-23-24-26-28-30-32-34-43-49-55-70(75)87-66(59-81-68(73)53-47-41-33-31-29-27-25-22-20-18-16-14-12-10-8-2)61-85-89(77,78)83-57-65(72)58-84-90(79,80)86-62-67(88-71(76)56-50-44-38-36-40-46-52-64(5)6)60-82-69(74)54-48-42-37-35-39-45-51-63(3)4/h63-67,72H,7-62H2,1-6H3,(H,77,78)(H,79,80)/t65-,66-,67-/m1/s1. The van der Waals surface area contributed by atoms with Crippen LogP contribution in [0.5, 0.6) is 0 Å². The highest BCUT2D eigenvalue weighted by molar-refractivity contribution is 7.47. The number of hydrogen-bond acceptors (Lipinski definition) is 15. The SMILES string of the molecule is CCCCCCCCCCCCCCCCCCCC(=O)O[C@H](COC(=O)CCCCCCCCCCCCCCCCC)COP(=O)(O)OC[C@@H](O)COP(=O)(O)OC[C@@H](COC(=O)CCCCCCCCC(C)C)OC(=O)CCCCCCCCC(C)C. The van der Waals surface area contributed by atoms with Crippen LogP contribution in [-0.2, 0) is 65.4 Å². The molecule has 0 saturated heterocycles. The zero-order valence-corrected chi connectivity index (χ0v) is 60.2. The van der Waals surface area contributed by atoms with E-state index in [-0.39, 0.29) is 25.7 Å². The van der Waals surface area contributed by atoms with Crippen molar-refractivity contribution < 1.29 is 80.2 Å². The van der Waals surface area contributed by atoms with Crippen LogP contribution in [0.3, 0.4) is 0 Å². The Kier molecular flexibility index (Phi) is 61.8. The fourth-order valence-corrected chi connectivity index (χ4v) is 12.3. The Labute approximate surface area is 549 Å². The Bertz CT molecular complexity index is 1750. The van der Waals surface area contributed by atoms with Gasteiger partial charge in [-0.25, -0.2) is 9.13 Å². The zero-order chi connectivity index (χ0) is 66.5. The zero-order valence-electron chi connectivity index (χ0n) is 58.4. The Morgan fingerprint density at radius 1 is 0.300 bits per heavy atom. The number of rotatable bonds is 70. The van der Waals surface area contributed by atoms with Crippen LogP contribution in [0.15, 0.2) is 0 Å². The van der Waals surface area contributed by atoms with E-state index in [4.69, 9.17) is 37.0 Å². The number of carbonyl (C=O) groups is 4. The number of aliphatic hydroxyl groups excluding tert-OH is 1. The lowest BCUT2D eigenvalue weighted by atomic mass is 10.0. The maximum absolute atomic E-state index is 13.0. The van der Waals surface area contributed by atoms with Crippen LogP contribution >= 0.6 is 15.6 Å². The summed E-state index contributed by atoms with van der Waals surface area (Å²) >= 11 is 0. The molecule has 534 valence electrons. The molecule has 0 heterocycles. The molecule has 0 fully saturated rings. The minimum atomic E-state index is -4.95. The van der Waals surface area contributed by atoms with E-state index >= 15 is 0 Å². The highest BCUT2D eigenvalue weighted by Gasteiger charge is 2.30.